The van der Waals surface area contributed by atoms with E-state index in [0.717, 1.165) is 23.2 Å². The fourth-order valence-corrected chi connectivity index (χ4v) is 1.96. The molecule has 0 saturated carbocycles. The molecule has 0 aliphatic carbocycles. The molecule has 94 valence electrons. The maximum absolute atomic E-state index is 13.3. The normalized spacial score (nSPS) is 10.4. The Labute approximate surface area is 106 Å². The van der Waals surface area contributed by atoms with Gasteiger partial charge in [0.2, 0.25) is 0 Å². The molecule has 2 rings (SSSR count). The lowest BCUT2D eigenvalue weighted by molar-refractivity contribution is 0.415. The third kappa shape index (κ3) is 2.68. The average Bonchev–Trinajstić information content (AvgIpc) is 2.39. The van der Waals surface area contributed by atoms with Crippen LogP contribution in [0.4, 0.5) is 4.39 Å². The standard InChI is InChI=1S/C15H16FNO/c1-17-10-11-4-3-5-12(8-11)14-9-13(16)6-7-15(14)18-2/h3-9,17H,10H2,1-2H3. The average molecular weight is 245 g/mol. The monoisotopic (exact) mass is 245 g/mol. The third-order valence-corrected chi connectivity index (χ3v) is 2.78. The quantitative estimate of drug-likeness (QED) is 0.893. The van der Waals surface area contributed by atoms with Gasteiger partial charge < -0.3 is 10.1 Å². The van der Waals surface area contributed by atoms with E-state index in [1.165, 1.54) is 12.1 Å². The molecule has 0 radical (unpaired) electrons. The maximum Gasteiger partial charge on any atom is 0.126 e. The molecule has 0 aromatic heterocycles. The van der Waals surface area contributed by atoms with Gasteiger partial charge in [-0.3, -0.25) is 0 Å². The van der Waals surface area contributed by atoms with E-state index in [2.05, 4.69) is 5.32 Å². The molecular weight excluding hydrogens is 229 g/mol. The van der Waals surface area contributed by atoms with E-state index >= 15 is 0 Å². The first-order valence-electron chi connectivity index (χ1n) is 5.82. The molecule has 2 nitrogen and oxygen atoms in total. The highest BCUT2D eigenvalue weighted by molar-refractivity contribution is 5.71. The van der Waals surface area contributed by atoms with Crippen molar-refractivity contribution in [2.75, 3.05) is 14.2 Å². The maximum atomic E-state index is 13.3. The number of halogens is 1. The number of ether oxygens (including phenoxy) is 1. The van der Waals surface area contributed by atoms with E-state index in [0.29, 0.717) is 5.75 Å². The second-order valence-electron chi connectivity index (χ2n) is 4.08. The van der Waals surface area contributed by atoms with Crippen molar-refractivity contribution in [1.82, 2.24) is 5.32 Å². The highest BCUT2D eigenvalue weighted by Crippen LogP contribution is 2.30. The first kappa shape index (κ1) is 12.6. The summed E-state index contributed by atoms with van der Waals surface area (Å²) in [5.74, 6) is 0.419. The van der Waals surface area contributed by atoms with Gasteiger partial charge in [-0.2, -0.15) is 0 Å². The number of hydrogen-bond donors (Lipinski definition) is 1. The second kappa shape index (κ2) is 5.65. The first-order chi connectivity index (χ1) is 8.74. The predicted octanol–water partition coefficient (Wildman–Crippen LogP) is 3.22. The molecule has 0 bridgehead atoms. The Morgan fingerprint density at radius 1 is 1.17 bits per heavy atom. The van der Waals surface area contributed by atoms with Crippen molar-refractivity contribution >= 4 is 0 Å². The van der Waals surface area contributed by atoms with Crippen molar-refractivity contribution in [2.24, 2.45) is 0 Å². The molecule has 2 aromatic carbocycles. The van der Waals surface area contributed by atoms with E-state index in [9.17, 15) is 4.39 Å². The molecular formula is C15H16FNO. The van der Waals surface area contributed by atoms with Crippen LogP contribution in [0, 0.1) is 5.82 Å². The number of hydrogen-bond acceptors (Lipinski definition) is 2. The molecule has 0 spiro atoms. The van der Waals surface area contributed by atoms with Crippen LogP contribution >= 0.6 is 0 Å². The Morgan fingerprint density at radius 3 is 2.72 bits per heavy atom. The molecule has 0 unspecified atom stereocenters. The number of nitrogens with one attached hydrogen (secondary N) is 1. The van der Waals surface area contributed by atoms with Crippen molar-refractivity contribution in [3.8, 4) is 16.9 Å². The van der Waals surface area contributed by atoms with Crippen LogP contribution < -0.4 is 10.1 Å². The van der Waals surface area contributed by atoms with Gasteiger partial charge in [0.15, 0.2) is 0 Å². The molecule has 0 aliphatic rings. The van der Waals surface area contributed by atoms with Gasteiger partial charge in [0.05, 0.1) is 7.11 Å². The van der Waals surface area contributed by atoms with E-state index in [1.54, 1.807) is 13.2 Å². The fraction of sp³-hybridized carbons (Fsp3) is 0.200. The van der Waals surface area contributed by atoms with Crippen molar-refractivity contribution in [3.63, 3.8) is 0 Å². The Morgan fingerprint density at radius 2 is 2.00 bits per heavy atom. The number of rotatable bonds is 4. The van der Waals surface area contributed by atoms with Crippen LogP contribution in [0.3, 0.4) is 0 Å². The molecule has 1 N–H and O–H groups in total. The molecule has 2 aromatic rings. The van der Waals surface area contributed by atoms with E-state index in [-0.39, 0.29) is 5.82 Å². The fourth-order valence-electron chi connectivity index (χ4n) is 1.96. The van der Waals surface area contributed by atoms with Crippen molar-refractivity contribution in [2.45, 2.75) is 6.54 Å². The molecule has 3 heteroatoms. The number of benzene rings is 2. The summed E-state index contributed by atoms with van der Waals surface area (Å²) < 4.78 is 18.6. The van der Waals surface area contributed by atoms with Crippen LogP contribution in [0.5, 0.6) is 5.75 Å². The van der Waals surface area contributed by atoms with Crippen LogP contribution in [0.1, 0.15) is 5.56 Å². The number of methoxy groups -OCH3 is 1. The van der Waals surface area contributed by atoms with Crippen LogP contribution in [-0.4, -0.2) is 14.2 Å². The van der Waals surface area contributed by atoms with Crippen LogP contribution in [-0.2, 0) is 6.54 Å². The minimum Gasteiger partial charge on any atom is -0.496 e. The highest BCUT2D eigenvalue weighted by atomic mass is 19.1. The Hall–Kier alpha value is -1.87. The van der Waals surface area contributed by atoms with Gasteiger partial charge in [0, 0.05) is 12.1 Å². The molecule has 0 saturated heterocycles. The molecule has 0 heterocycles. The SMILES string of the molecule is CNCc1cccc(-c2cc(F)ccc2OC)c1. The predicted molar refractivity (Wildman–Crippen MR) is 71.2 cm³/mol. The summed E-state index contributed by atoms with van der Waals surface area (Å²) in [6.07, 6.45) is 0. The minimum atomic E-state index is -0.259. The van der Waals surface area contributed by atoms with Gasteiger partial charge in [-0.1, -0.05) is 18.2 Å². The lowest BCUT2D eigenvalue weighted by Gasteiger charge is -2.10. The van der Waals surface area contributed by atoms with Gasteiger partial charge in [0.25, 0.3) is 0 Å². The van der Waals surface area contributed by atoms with Crippen molar-refractivity contribution in [1.29, 1.82) is 0 Å². The molecule has 0 aliphatic heterocycles. The Kier molecular flexibility index (Phi) is 3.95. The summed E-state index contributed by atoms with van der Waals surface area (Å²) in [7, 11) is 3.49. The highest BCUT2D eigenvalue weighted by Gasteiger charge is 2.07. The first-order valence-corrected chi connectivity index (χ1v) is 5.82. The zero-order valence-corrected chi connectivity index (χ0v) is 10.5. The molecule has 0 amide bonds. The summed E-state index contributed by atoms with van der Waals surface area (Å²) in [6.45, 7) is 0.783. The smallest absolute Gasteiger partial charge is 0.126 e. The second-order valence-corrected chi connectivity index (χ2v) is 4.08. The third-order valence-electron chi connectivity index (χ3n) is 2.78. The summed E-state index contributed by atoms with van der Waals surface area (Å²) in [5.41, 5.74) is 2.89. The summed E-state index contributed by atoms with van der Waals surface area (Å²) in [5, 5.41) is 3.10. The van der Waals surface area contributed by atoms with E-state index < -0.39 is 0 Å². The summed E-state index contributed by atoms with van der Waals surface area (Å²) in [6, 6.07) is 12.5. The topological polar surface area (TPSA) is 21.3 Å². The van der Waals surface area contributed by atoms with Crippen LogP contribution in [0.2, 0.25) is 0 Å². The largest absolute Gasteiger partial charge is 0.496 e. The van der Waals surface area contributed by atoms with E-state index in [4.69, 9.17) is 4.74 Å². The zero-order chi connectivity index (χ0) is 13.0. The van der Waals surface area contributed by atoms with Gasteiger partial charge in [-0.15, -0.1) is 0 Å². The lowest BCUT2D eigenvalue weighted by Crippen LogP contribution is -2.04. The van der Waals surface area contributed by atoms with Crippen molar-refractivity contribution < 1.29 is 9.13 Å². The lowest BCUT2D eigenvalue weighted by atomic mass is 10.0. The van der Waals surface area contributed by atoms with Gasteiger partial charge >= 0.3 is 0 Å². The van der Waals surface area contributed by atoms with Crippen molar-refractivity contribution in [3.05, 3.63) is 53.8 Å². The Bertz CT molecular complexity index is 540. The zero-order valence-electron chi connectivity index (χ0n) is 10.5. The van der Waals surface area contributed by atoms with E-state index in [1.807, 2.05) is 31.3 Å². The van der Waals surface area contributed by atoms with Gasteiger partial charge in [0.1, 0.15) is 11.6 Å². The minimum absolute atomic E-state index is 0.259. The molecule has 0 atom stereocenters. The molecule has 18 heavy (non-hydrogen) atoms. The molecule has 0 fully saturated rings. The summed E-state index contributed by atoms with van der Waals surface area (Å²) >= 11 is 0. The van der Waals surface area contributed by atoms with Crippen LogP contribution in [0.25, 0.3) is 11.1 Å². The Balaban J connectivity index is 2.47. The van der Waals surface area contributed by atoms with Gasteiger partial charge in [-0.05, 0) is 42.4 Å². The van der Waals surface area contributed by atoms with Crippen LogP contribution in [0.15, 0.2) is 42.5 Å². The summed E-state index contributed by atoms with van der Waals surface area (Å²) in [4.78, 5) is 0. The van der Waals surface area contributed by atoms with Gasteiger partial charge in [-0.25, -0.2) is 4.39 Å².